The minimum Gasteiger partial charge on any atom is -0.329 e. The summed E-state index contributed by atoms with van der Waals surface area (Å²) in [4.78, 5) is 5.27. The molecule has 19 heavy (non-hydrogen) atoms. The largest absolute Gasteiger partial charge is 0.329 e. The zero-order valence-corrected chi connectivity index (χ0v) is 13.1. The molecule has 0 amide bonds. The molecular formula is C16H33N3. The number of hydrogen-bond acceptors (Lipinski definition) is 3. The Balaban J connectivity index is 1.85. The first-order chi connectivity index (χ1) is 9.11. The van der Waals surface area contributed by atoms with Crippen LogP contribution in [0.15, 0.2) is 0 Å². The van der Waals surface area contributed by atoms with Crippen LogP contribution in [0.25, 0.3) is 0 Å². The summed E-state index contributed by atoms with van der Waals surface area (Å²) in [5, 5.41) is 0. The van der Waals surface area contributed by atoms with Crippen molar-refractivity contribution in [2.45, 2.75) is 58.5 Å². The van der Waals surface area contributed by atoms with Crippen LogP contribution in [0, 0.1) is 11.8 Å². The Morgan fingerprint density at radius 3 is 1.95 bits per heavy atom. The van der Waals surface area contributed by atoms with Gasteiger partial charge in [0.2, 0.25) is 0 Å². The van der Waals surface area contributed by atoms with Gasteiger partial charge in [0, 0.05) is 44.8 Å². The molecular weight excluding hydrogens is 234 g/mol. The lowest BCUT2D eigenvalue weighted by Crippen LogP contribution is -2.56. The highest BCUT2D eigenvalue weighted by Gasteiger charge is 2.31. The normalized spacial score (nSPS) is 32.7. The molecule has 2 N–H and O–H groups in total. The Kier molecular flexibility index (Phi) is 5.67. The van der Waals surface area contributed by atoms with E-state index in [-0.39, 0.29) is 0 Å². The summed E-state index contributed by atoms with van der Waals surface area (Å²) in [7, 11) is 0. The molecule has 1 saturated heterocycles. The van der Waals surface area contributed by atoms with E-state index in [1.54, 1.807) is 0 Å². The molecule has 2 rings (SSSR count). The highest BCUT2D eigenvalue weighted by Crippen LogP contribution is 2.32. The molecule has 0 aromatic rings. The highest BCUT2D eigenvalue weighted by molar-refractivity contribution is 4.87. The molecule has 3 nitrogen and oxygen atoms in total. The average Bonchev–Trinajstić information content (AvgIpc) is 2.42. The smallest absolute Gasteiger partial charge is 0.0247 e. The lowest BCUT2D eigenvalue weighted by atomic mass is 9.78. The molecule has 0 aromatic heterocycles. The third-order valence-corrected chi connectivity index (χ3v) is 5.39. The van der Waals surface area contributed by atoms with Crippen LogP contribution < -0.4 is 5.73 Å². The van der Waals surface area contributed by atoms with Gasteiger partial charge >= 0.3 is 0 Å². The number of hydrogen-bond donors (Lipinski definition) is 1. The van der Waals surface area contributed by atoms with Crippen molar-refractivity contribution < 1.29 is 0 Å². The summed E-state index contributed by atoms with van der Waals surface area (Å²) < 4.78 is 0. The number of rotatable bonds is 4. The molecule has 3 heteroatoms. The van der Waals surface area contributed by atoms with E-state index in [2.05, 4.69) is 30.6 Å². The minimum absolute atomic E-state index is 0.641. The lowest BCUT2D eigenvalue weighted by molar-refractivity contribution is 0.0466. The maximum absolute atomic E-state index is 6.11. The van der Waals surface area contributed by atoms with Crippen molar-refractivity contribution in [3.8, 4) is 0 Å². The van der Waals surface area contributed by atoms with Gasteiger partial charge in [-0.15, -0.1) is 0 Å². The topological polar surface area (TPSA) is 32.5 Å². The molecule has 2 aliphatic rings. The van der Waals surface area contributed by atoms with Gasteiger partial charge in [-0.3, -0.25) is 9.80 Å². The second-order valence-corrected chi connectivity index (χ2v) is 6.99. The zero-order chi connectivity index (χ0) is 13.8. The number of nitrogens with two attached hydrogens (primary N) is 1. The fourth-order valence-electron chi connectivity index (χ4n) is 3.90. The van der Waals surface area contributed by atoms with Crippen molar-refractivity contribution in [1.29, 1.82) is 0 Å². The van der Waals surface area contributed by atoms with Gasteiger partial charge in [-0.2, -0.15) is 0 Å². The zero-order valence-electron chi connectivity index (χ0n) is 13.1. The first-order valence-corrected chi connectivity index (χ1v) is 8.30. The Hall–Kier alpha value is -0.120. The molecule has 1 aliphatic heterocycles. The van der Waals surface area contributed by atoms with E-state index in [0.717, 1.165) is 18.4 Å². The molecule has 112 valence electrons. The molecule has 1 heterocycles. The Bertz CT molecular complexity index is 251. The van der Waals surface area contributed by atoms with Crippen LogP contribution in [0.4, 0.5) is 0 Å². The van der Waals surface area contributed by atoms with Gasteiger partial charge < -0.3 is 5.73 Å². The standard InChI is InChI=1S/C16H33N3/c1-13(2)18-8-10-19(11-9-18)16(12-17)15-6-4-14(3)5-7-15/h13-16H,4-12,17H2,1-3H3. The molecule has 1 unspecified atom stereocenters. The molecule has 0 bridgehead atoms. The molecule has 0 radical (unpaired) electrons. The summed E-state index contributed by atoms with van der Waals surface area (Å²) in [5.41, 5.74) is 6.11. The van der Waals surface area contributed by atoms with E-state index >= 15 is 0 Å². The first kappa shape index (κ1) is 15.3. The summed E-state index contributed by atoms with van der Waals surface area (Å²) in [6.45, 7) is 12.7. The van der Waals surface area contributed by atoms with Crippen molar-refractivity contribution in [2.24, 2.45) is 17.6 Å². The highest BCUT2D eigenvalue weighted by atomic mass is 15.3. The summed E-state index contributed by atoms with van der Waals surface area (Å²) >= 11 is 0. The summed E-state index contributed by atoms with van der Waals surface area (Å²) in [6, 6.07) is 1.33. The monoisotopic (exact) mass is 267 g/mol. The van der Waals surface area contributed by atoms with Crippen molar-refractivity contribution >= 4 is 0 Å². The fourth-order valence-corrected chi connectivity index (χ4v) is 3.90. The predicted molar refractivity (Wildman–Crippen MR) is 82.2 cm³/mol. The second kappa shape index (κ2) is 7.05. The van der Waals surface area contributed by atoms with Crippen LogP contribution in [-0.2, 0) is 0 Å². The minimum atomic E-state index is 0.641. The molecule has 1 saturated carbocycles. The number of nitrogens with zero attached hydrogens (tertiary/aromatic N) is 2. The van der Waals surface area contributed by atoms with Crippen LogP contribution in [0.3, 0.4) is 0 Å². The van der Waals surface area contributed by atoms with E-state index in [9.17, 15) is 0 Å². The Morgan fingerprint density at radius 1 is 0.947 bits per heavy atom. The maximum Gasteiger partial charge on any atom is 0.0247 e. The third-order valence-electron chi connectivity index (χ3n) is 5.39. The quantitative estimate of drug-likeness (QED) is 0.847. The predicted octanol–water partition coefficient (Wildman–Crippen LogP) is 2.17. The lowest BCUT2D eigenvalue weighted by Gasteiger charge is -2.44. The summed E-state index contributed by atoms with van der Waals surface area (Å²) in [6.07, 6.45) is 5.61. The van der Waals surface area contributed by atoms with Crippen LogP contribution in [0.2, 0.25) is 0 Å². The van der Waals surface area contributed by atoms with Gasteiger partial charge in [0.1, 0.15) is 0 Å². The van der Waals surface area contributed by atoms with Crippen LogP contribution in [0.1, 0.15) is 46.5 Å². The molecule has 1 atom stereocenters. The van der Waals surface area contributed by atoms with E-state index in [1.807, 2.05) is 0 Å². The van der Waals surface area contributed by atoms with Crippen molar-refractivity contribution in [3.05, 3.63) is 0 Å². The number of piperazine rings is 1. The van der Waals surface area contributed by atoms with Crippen LogP contribution in [-0.4, -0.2) is 54.6 Å². The Labute approximate surface area is 119 Å². The van der Waals surface area contributed by atoms with Crippen molar-refractivity contribution in [3.63, 3.8) is 0 Å². The third kappa shape index (κ3) is 3.93. The van der Waals surface area contributed by atoms with Crippen molar-refractivity contribution in [1.82, 2.24) is 9.80 Å². The van der Waals surface area contributed by atoms with Crippen LogP contribution >= 0.6 is 0 Å². The van der Waals surface area contributed by atoms with E-state index < -0.39 is 0 Å². The molecule has 0 aromatic carbocycles. The maximum atomic E-state index is 6.11. The summed E-state index contributed by atoms with van der Waals surface area (Å²) in [5.74, 6) is 1.79. The van der Waals surface area contributed by atoms with Gasteiger partial charge in [0.15, 0.2) is 0 Å². The first-order valence-electron chi connectivity index (χ1n) is 8.30. The van der Waals surface area contributed by atoms with Gasteiger partial charge in [0.05, 0.1) is 0 Å². The Morgan fingerprint density at radius 2 is 1.47 bits per heavy atom. The fraction of sp³-hybridized carbons (Fsp3) is 1.00. The van der Waals surface area contributed by atoms with Gasteiger partial charge in [0.25, 0.3) is 0 Å². The van der Waals surface area contributed by atoms with E-state index in [0.29, 0.717) is 12.1 Å². The van der Waals surface area contributed by atoms with E-state index in [1.165, 1.54) is 51.9 Å². The van der Waals surface area contributed by atoms with Crippen LogP contribution in [0.5, 0.6) is 0 Å². The SMILES string of the molecule is CC1CCC(C(CN)N2CCN(C(C)C)CC2)CC1. The molecule has 0 spiro atoms. The van der Waals surface area contributed by atoms with E-state index in [4.69, 9.17) is 5.73 Å². The molecule has 1 aliphatic carbocycles. The average molecular weight is 267 g/mol. The van der Waals surface area contributed by atoms with Gasteiger partial charge in [-0.25, -0.2) is 0 Å². The van der Waals surface area contributed by atoms with Gasteiger partial charge in [-0.1, -0.05) is 19.8 Å². The van der Waals surface area contributed by atoms with Crippen molar-refractivity contribution in [2.75, 3.05) is 32.7 Å². The second-order valence-electron chi connectivity index (χ2n) is 6.99. The molecule has 2 fully saturated rings. The van der Waals surface area contributed by atoms with Gasteiger partial charge in [-0.05, 0) is 38.5 Å².